The lowest BCUT2D eigenvalue weighted by molar-refractivity contribution is 0.432. The fourth-order valence-corrected chi connectivity index (χ4v) is 1.94. The fourth-order valence-electron chi connectivity index (χ4n) is 1.94. The second-order valence-electron chi connectivity index (χ2n) is 4.08. The van der Waals surface area contributed by atoms with E-state index >= 15 is 0 Å². The molecular weight excluding hydrogens is 229 g/mol. The molecule has 3 aromatic rings. The molecule has 0 amide bonds. The van der Waals surface area contributed by atoms with Gasteiger partial charge in [0.25, 0.3) is 0 Å². The molecule has 0 atom stereocenters. The number of benzene rings is 2. The molecule has 0 saturated carbocycles. The molecule has 2 aromatic carbocycles. The van der Waals surface area contributed by atoms with Crippen molar-refractivity contribution in [1.29, 1.82) is 0 Å². The largest absolute Gasteiger partial charge is 0.505 e. The highest BCUT2D eigenvalue weighted by Gasteiger charge is 2.04. The molecule has 88 valence electrons. The highest BCUT2D eigenvalue weighted by Crippen LogP contribution is 2.26. The number of pyridine rings is 1. The minimum Gasteiger partial charge on any atom is -0.505 e. The van der Waals surface area contributed by atoms with E-state index < -0.39 is 5.82 Å². The van der Waals surface area contributed by atoms with Crippen LogP contribution < -0.4 is 0 Å². The van der Waals surface area contributed by atoms with Gasteiger partial charge < -0.3 is 5.11 Å². The Bertz CT molecular complexity index is 725. The molecule has 0 radical (unpaired) electrons. The van der Waals surface area contributed by atoms with Gasteiger partial charge in [0.05, 0.1) is 5.52 Å². The van der Waals surface area contributed by atoms with Crippen LogP contribution in [0.5, 0.6) is 5.75 Å². The van der Waals surface area contributed by atoms with Crippen molar-refractivity contribution in [3.05, 3.63) is 60.5 Å². The maximum Gasteiger partial charge on any atom is 0.165 e. The molecule has 1 N–H and O–H groups in total. The first-order chi connectivity index (χ1) is 8.74. The molecule has 0 spiro atoms. The van der Waals surface area contributed by atoms with E-state index in [9.17, 15) is 9.50 Å². The lowest BCUT2D eigenvalue weighted by Crippen LogP contribution is -1.83. The van der Waals surface area contributed by atoms with E-state index in [-0.39, 0.29) is 5.75 Å². The average molecular weight is 239 g/mol. The molecule has 0 aliphatic heterocycles. The Morgan fingerprint density at radius 3 is 2.56 bits per heavy atom. The SMILES string of the molecule is Oc1ccc(-c2ccc3ncccc3c2)cc1F. The Balaban J connectivity index is 2.16. The Hall–Kier alpha value is -2.42. The van der Waals surface area contributed by atoms with E-state index in [1.807, 2.05) is 30.3 Å². The molecule has 0 aliphatic carbocycles. The van der Waals surface area contributed by atoms with Gasteiger partial charge in [-0.1, -0.05) is 18.2 Å². The molecule has 3 rings (SSSR count). The molecule has 2 nitrogen and oxygen atoms in total. The van der Waals surface area contributed by atoms with Crippen LogP contribution in [0, 0.1) is 5.82 Å². The number of aromatic hydroxyl groups is 1. The van der Waals surface area contributed by atoms with Crippen LogP contribution in [0.1, 0.15) is 0 Å². The van der Waals surface area contributed by atoms with Crippen molar-refractivity contribution in [2.24, 2.45) is 0 Å². The van der Waals surface area contributed by atoms with Crippen molar-refractivity contribution < 1.29 is 9.50 Å². The zero-order valence-electron chi connectivity index (χ0n) is 9.47. The van der Waals surface area contributed by atoms with Gasteiger partial charge >= 0.3 is 0 Å². The van der Waals surface area contributed by atoms with E-state index in [2.05, 4.69) is 4.98 Å². The summed E-state index contributed by atoms with van der Waals surface area (Å²) in [5.41, 5.74) is 2.53. The Kier molecular flexibility index (Phi) is 2.45. The lowest BCUT2D eigenvalue weighted by Gasteiger charge is -2.04. The number of hydrogen-bond donors (Lipinski definition) is 1. The standard InChI is InChI=1S/C15H10FNO/c16-13-9-11(4-6-15(13)18)10-3-5-14-12(8-10)2-1-7-17-14/h1-9,18H. The normalized spacial score (nSPS) is 10.7. The summed E-state index contributed by atoms with van der Waals surface area (Å²) < 4.78 is 13.3. The molecule has 0 unspecified atom stereocenters. The smallest absolute Gasteiger partial charge is 0.165 e. The maximum atomic E-state index is 13.3. The van der Waals surface area contributed by atoms with Crippen LogP contribution in [0.3, 0.4) is 0 Å². The molecule has 0 bridgehead atoms. The van der Waals surface area contributed by atoms with Crippen LogP contribution in [-0.4, -0.2) is 10.1 Å². The number of phenols is 1. The zero-order chi connectivity index (χ0) is 12.5. The van der Waals surface area contributed by atoms with Crippen molar-refractivity contribution in [3.8, 4) is 16.9 Å². The minimum absolute atomic E-state index is 0.332. The lowest BCUT2D eigenvalue weighted by atomic mass is 10.0. The Morgan fingerprint density at radius 1 is 0.944 bits per heavy atom. The van der Waals surface area contributed by atoms with Crippen molar-refractivity contribution in [1.82, 2.24) is 4.98 Å². The first-order valence-corrected chi connectivity index (χ1v) is 5.58. The van der Waals surface area contributed by atoms with E-state index in [1.54, 1.807) is 12.3 Å². The highest BCUT2D eigenvalue weighted by molar-refractivity contribution is 5.84. The molecule has 0 fully saturated rings. The third-order valence-corrected chi connectivity index (χ3v) is 2.88. The van der Waals surface area contributed by atoms with Gasteiger partial charge in [-0.3, -0.25) is 4.98 Å². The van der Waals surface area contributed by atoms with Crippen LogP contribution in [0.2, 0.25) is 0 Å². The predicted octanol–water partition coefficient (Wildman–Crippen LogP) is 3.75. The van der Waals surface area contributed by atoms with Gasteiger partial charge in [-0.25, -0.2) is 4.39 Å². The van der Waals surface area contributed by atoms with E-state index in [0.717, 1.165) is 22.0 Å². The second kappa shape index (κ2) is 4.11. The summed E-state index contributed by atoms with van der Waals surface area (Å²) in [7, 11) is 0. The summed E-state index contributed by atoms with van der Waals surface area (Å²) in [5, 5.41) is 10.2. The number of hydrogen-bond acceptors (Lipinski definition) is 2. The van der Waals surface area contributed by atoms with E-state index in [1.165, 1.54) is 12.1 Å². The van der Waals surface area contributed by atoms with Gasteiger partial charge in [-0.05, 0) is 41.5 Å². The summed E-state index contributed by atoms with van der Waals surface area (Å²) in [5.74, 6) is -0.944. The van der Waals surface area contributed by atoms with Crippen LogP contribution >= 0.6 is 0 Å². The van der Waals surface area contributed by atoms with Crippen molar-refractivity contribution in [2.45, 2.75) is 0 Å². The molecule has 0 aliphatic rings. The monoisotopic (exact) mass is 239 g/mol. The summed E-state index contributed by atoms with van der Waals surface area (Å²) in [4.78, 5) is 4.23. The summed E-state index contributed by atoms with van der Waals surface area (Å²) in [6.45, 7) is 0. The fraction of sp³-hybridized carbons (Fsp3) is 0. The van der Waals surface area contributed by atoms with Crippen molar-refractivity contribution in [2.75, 3.05) is 0 Å². The molecule has 3 heteroatoms. The minimum atomic E-state index is -0.612. The number of nitrogens with zero attached hydrogens (tertiary/aromatic N) is 1. The second-order valence-corrected chi connectivity index (χ2v) is 4.08. The average Bonchev–Trinajstić information content (AvgIpc) is 2.41. The first kappa shape index (κ1) is 10.7. The van der Waals surface area contributed by atoms with Gasteiger partial charge in [0.2, 0.25) is 0 Å². The van der Waals surface area contributed by atoms with Crippen LogP contribution in [0.25, 0.3) is 22.0 Å². The van der Waals surface area contributed by atoms with Crippen molar-refractivity contribution in [3.63, 3.8) is 0 Å². The third-order valence-electron chi connectivity index (χ3n) is 2.88. The molecule has 0 saturated heterocycles. The van der Waals surface area contributed by atoms with Gasteiger partial charge in [0, 0.05) is 11.6 Å². The third kappa shape index (κ3) is 1.80. The Morgan fingerprint density at radius 2 is 1.72 bits per heavy atom. The molecular formula is C15H10FNO. The topological polar surface area (TPSA) is 33.1 Å². The summed E-state index contributed by atoms with van der Waals surface area (Å²) in [6, 6.07) is 13.9. The number of halogens is 1. The zero-order valence-corrected chi connectivity index (χ0v) is 9.47. The van der Waals surface area contributed by atoms with Gasteiger partial charge in [-0.15, -0.1) is 0 Å². The van der Waals surface area contributed by atoms with Crippen molar-refractivity contribution >= 4 is 10.9 Å². The van der Waals surface area contributed by atoms with Gasteiger partial charge in [0.15, 0.2) is 11.6 Å². The van der Waals surface area contributed by atoms with E-state index in [0.29, 0.717) is 0 Å². The summed E-state index contributed by atoms with van der Waals surface area (Å²) >= 11 is 0. The molecule has 1 heterocycles. The maximum absolute atomic E-state index is 13.3. The molecule has 18 heavy (non-hydrogen) atoms. The van der Waals surface area contributed by atoms with Gasteiger partial charge in [0.1, 0.15) is 0 Å². The molecule has 1 aromatic heterocycles. The number of rotatable bonds is 1. The number of aromatic nitrogens is 1. The number of phenolic OH excluding ortho intramolecular Hbond substituents is 1. The quantitative estimate of drug-likeness (QED) is 0.701. The number of fused-ring (bicyclic) bond motifs is 1. The Labute approximate surface area is 103 Å². The first-order valence-electron chi connectivity index (χ1n) is 5.58. The predicted molar refractivity (Wildman–Crippen MR) is 68.8 cm³/mol. The van der Waals surface area contributed by atoms with Crippen LogP contribution in [0.4, 0.5) is 4.39 Å². The van der Waals surface area contributed by atoms with Crippen LogP contribution in [-0.2, 0) is 0 Å². The van der Waals surface area contributed by atoms with Crippen LogP contribution in [0.15, 0.2) is 54.7 Å². The summed E-state index contributed by atoms with van der Waals surface area (Å²) in [6.07, 6.45) is 1.74. The van der Waals surface area contributed by atoms with Gasteiger partial charge in [-0.2, -0.15) is 0 Å². The highest BCUT2D eigenvalue weighted by atomic mass is 19.1. The van der Waals surface area contributed by atoms with E-state index in [4.69, 9.17) is 0 Å².